The molecular formula is C14H27N5S. The summed E-state index contributed by atoms with van der Waals surface area (Å²) in [7, 11) is 0. The number of nitrogens with zero attached hydrogens (tertiary/aromatic N) is 3. The molecule has 114 valence electrons. The smallest absolute Gasteiger partial charge is 0.170 e. The van der Waals surface area contributed by atoms with Crippen LogP contribution in [0.25, 0.3) is 0 Å². The molecule has 0 unspecified atom stereocenters. The summed E-state index contributed by atoms with van der Waals surface area (Å²) in [6, 6.07) is 0. The number of aryl methyl sites for hydroxylation is 1. The monoisotopic (exact) mass is 297 g/mol. The SMILES string of the molecule is CCN(CC)CCCNC(=S)Nc1cnn(CC)c1C. The number of hydrogen-bond donors (Lipinski definition) is 2. The molecule has 0 saturated carbocycles. The molecule has 1 rings (SSSR count). The molecule has 1 heterocycles. The van der Waals surface area contributed by atoms with E-state index in [0.29, 0.717) is 5.11 Å². The fraction of sp³-hybridized carbons (Fsp3) is 0.714. The van der Waals surface area contributed by atoms with Gasteiger partial charge in [-0.05, 0) is 52.1 Å². The van der Waals surface area contributed by atoms with Crippen LogP contribution in [0.2, 0.25) is 0 Å². The standard InChI is InChI=1S/C14H27N5S/c1-5-18(6-2)10-8-9-15-14(20)17-13-11-16-19(7-3)12(13)4/h11H,5-10H2,1-4H3,(H2,15,17,20). The van der Waals surface area contributed by atoms with E-state index < -0.39 is 0 Å². The van der Waals surface area contributed by atoms with Crippen molar-refractivity contribution in [1.82, 2.24) is 20.0 Å². The summed E-state index contributed by atoms with van der Waals surface area (Å²) in [4.78, 5) is 2.41. The number of nitrogens with one attached hydrogen (secondary N) is 2. The van der Waals surface area contributed by atoms with Gasteiger partial charge in [0.25, 0.3) is 0 Å². The molecule has 0 atom stereocenters. The zero-order valence-corrected chi connectivity index (χ0v) is 13.9. The van der Waals surface area contributed by atoms with Crippen molar-refractivity contribution < 1.29 is 0 Å². The van der Waals surface area contributed by atoms with Crippen LogP contribution in [-0.2, 0) is 6.54 Å². The van der Waals surface area contributed by atoms with Crippen LogP contribution >= 0.6 is 12.2 Å². The van der Waals surface area contributed by atoms with Gasteiger partial charge in [0.2, 0.25) is 0 Å². The van der Waals surface area contributed by atoms with Gasteiger partial charge >= 0.3 is 0 Å². The van der Waals surface area contributed by atoms with Crippen LogP contribution in [0.5, 0.6) is 0 Å². The molecule has 0 spiro atoms. The lowest BCUT2D eigenvalue weighted by molar-refractivity contribution is 0.300. The van der Waals surface area contributed by atoms with Crippen molar-refractivity contribution in [3.8, 4) is 0 Å². The van der Waals surface area contributed by atoms with Crippen LogP contribution in [0, 0.1) is 6.92 Å². The maximum Gasteiger partial charge on any atom is 0.170 e. The lowest BCUT2D eigenvalue weighted by Gasteiger charge is -2.18. The average Bonchev–Trinajstić information content (AvgIpc) is 2.80. The molecule has 20 heavy (non-hydrogen) atoms. The predicted octanol–water partition coefficient (Wildman–Crippen LogP) is 2.23. The molecule has 0 aliphatic carbocycles. The number of anilines is 1. The van der Waals surface area contributed by atoms with E-state index in [1.54, 1.807) is 0 Å². The largest absolute Gasteiger partial charge is 0.362 e. The first-order valence-electron chi connectivity index (χ1n) is 7.41. The van der Waals surface area contributed by atoms with Crippen LogP contribution in [0.4, 0.5) is 5.69 Å². The van der Waals surface area contributed by atoms with Gasteiger partial charge in [-0.25, -0.2) is 0 Å². The van der Waals surface area contributed by atoms with Crippen LogP contribution in [-0.4, -0.2) is 46.0 Å². The van der Waals surface area contributed by atoms with Crippen molar-refractivity contribution in [2.75, 3.05) is 31.5 Å². The molecule has 5 nitrogen and oxygen atoms in total. The van der Waals surface area contributed by atoms with Crippen LogP contribution in [0.1, 0.15) is 32.9 Å². The Morgan fingerprint density at radius 2 is 2.05 bits per heavy atom. The molecule has 6 heteroatoms. The van der Waals surface area contributed by atoms with E-state index in [9.17, 15) is 0 Å². The second-order valence-corrected chi connectivity index (χ2v) is 5.13. The fourth-order valence-corrected chi connectivity index (χ4v) is 2.31. The van der Waals surface area contributed by atoms with E-state index in [1.807, 2.05) is 17.8 Å². The van der Waals surface area contributed by atoms with Gasteiger partial charge < -0.3 is 15.5 Å². The highest BCUT2D eigenvalue weighted by Crippen LogP contribution is 2.12. The van der Waals surface area contributed by atoms with Crippen LogP contribution < -0.4 is 10.6 Å². The lowest BCUT2D eigenvalue weighted by Crippen LogP contribution is -2.32. The normalized spacial score (nSPS) is 10.8. The van der Waals surface area contributed by atoms with Gasteiger partial charge in [0.05, 0.1) is 17.6 Å². The maximum atomic E-state index is 5.30. The molecule has 1 aromatic heterocycles. The van der Waals surface area contributed by atoms with Gasteiger partial charge in [0.15, 0.2) is 5.11 Å². The number of hydrogen-bond acceptors (Lipinski definition) is 3. The Balaban J connectivity index is 2.28. The highest BCUT2D eigenvalue weighted by molar-refractivity contribution is 7.80. The minimum atomic E-state index is 0.670. The van der Waals surface area contributed by atoms with E-state index in [1.165, 1.54) is 0 Å². The second kappa shape index (κ2) is 8.92. The van der Waals surface area contributed by atoms with Gasteiger partial charge in [0, 0.05) is 13.1 Å². The Morgan fingerprint density at radius 3 is 2.60 bits per heavy atom. The zero-order valence-electron chi connectivity index (χ0n) is 13.1. The van der Waals surface area contributed by atoms with E-state index in [0.717, 1.165) is 50.5 Å². The molecule has 1 aromatic rings. The van der Waals surface area contributed by atoms with Gasteiger partial charge in [-0.3, -0.25) is 4.68 Å². The Morgan fingerprint density at radius 1 is 1.35 bits per heavy atom. The molecule has 0 saturated heterocycles. The number of rotatable bonds is 8. The first kappa shape index (κ1) is 16.9. The van der Waals surface area contributed by atoms with Gasteiger partial charge in [-0.2, -0.15) is 5.10 Å². The Kier molecular flexibility index (Phi) is 7.54. The summed E-state index contributed by atoms with van der Waals surface area (Å²) >= 11 is 5.30. The molecule has 0 aromatic carbocycles. The predicted molar refractivity (Wildman–Crippen MR) is 89.3 cm³/mol. The maximum absolute atomic E-state index is 5.30. The minimum absolute atomic E-state index is 0.670. The van der Waals surface area contributed by atoms with E-state index in [4.69, 9.17) is 12.2 Å². The summed E-state index contributed by atoms with van der Waals surface area (Å²) in [6.07, 6.45) is 2.92. The van der Waals surface area contributed by atoms with Crippen molar-refractivity contribution in [1.29, 1.82) is 0 Å². The van der Waals surface area contributed by atoms with Gasteiger partial charge in [-0.1, -0.05) is 13.8 Å². The molecule has 0 fully saturated rings. The number of thiocarbonyl (C=S) groups is 1. The molecule has 0 radical (unpaired) electrons. The average molecular weight is 297 g/mol. The first-order chi connectivity index (χ1) is 9.62. The number of aromatic nitrogens is 2. The summed E-state index contributed by atoms with van der Waals surface area (Å²) in [5, 5.41) is 11.4. The van der Waals surface area contributed by atoms with Crippen molar-refractivity contribution in [3.63, 3.8) is 0 Å². The summed E-state index contributed by atoms with van der Waals surface area (Å²) in [5.74, 6) is 0. The van der Waals surface area contributed by atoms with Crippen molar-refractivity contribution in [3.05, 3.63) is 11.9 Å². The Hall–Kier alpha value is -1.14. The highest BCUT2D eigenvalue weighted by atomic mass is 32.1. The molecular weight excluding hydrogens is 270 g/mol. The lowest BCUT2D eigenvalue weighted by atomic mass is 10.3. The first-order valence-corrected chi connectivity index (χ1v) is 7.82. The summed E-state index contributed by atoms with van der Waals surface area (Å²) in [5.41, 5.74) is 2.09. The van der Waals surface area contributed by atoms with E-state index in [-0.39, 0.29) is 0 Å². The topological polar surface area (TPSA) is 45.1 Å². The van der Waals surface area contributed by atoms with Crippen LogP contribution in [0.15, 0.2) is 6.20 Å². The Bertz CT molecular complexity index is 412. The minimum Gasteiger partial charge on any atom is -0.362 e. The molecule has 2 N–H and O–H groups in total. The zero-order chi connectivity index (χ0) is 15.0. The third kappa shape index (κ3) is 5.09. The third-order valence-corrected chi connectivity index (χ3v) is 3.73. The highest BCUT2D eigenvalue weighted by Gasteiger charge is 2.06. The second-order valence-electron chi connectivity index (χ2n) is 4.72. The molecule has 0 aliphatic heterocycles. The quantitative estimate of drug-likeness (QED) is 0.569. The van der Waals surface area contributed by atoms with Crippen LogP contribution in [0.3, 0.4) is 0 Å². The van der Waals surface area contributed by atoms with Crippen molar-refractivity contribution in [2.45, 2.75) is 40.7 Å². The van der Waals surface area contributed by atoms with Gasteiger partial charge in [-0.15, -0.1) is 0 Å². The summed E-state index contributed by atoms with van der Waals surface area (Å²) in [6.45, 7) is 13.6. The summed E-state index contributed by atoms with van der Waals surface area (Å²) < 4.78 is 1.95. The third-order valence-electron chi connectivity index (χ3n) is 3.48. The van der Waals surface area contributed by atoms with Crippen molar-refractivity contribution >= 4 is 23.0 Å². The van der Waals surface area contributed by atoms with E-state index >= 15 is 0 Å². The van der Waals surface area contributed by atoms with E-state index in [2.05, 4.69) is 41.4 Å². The molecule has 0 bridgehead atoms. The molecule has 0 aliphatic rings. The van der Waals surface area contributed by atoms with Gasteiger partial charge in [0.1, 0.15) is 0 Å². The fourth-order valence-electron chi connectivity index (χ4n) is 2.10. The molecule has 0 amide bonds. The van der Waals surface area contributed by atoms with Crippen molar-refractivity contribution in [2.24, 2.45) is 0 Å². The Labute approximate surface area is 127 Å².